The first-order chi connectivity index (χ1) is 18.0. The van der Waals surface area contributed by atoms with Gasteiger partial charge in [-0.05, 0) is 54.7 Å². The number of hydrogen-bond donors (Lipinski definition) is 1. The molecule has 208 valence electrons. The average Bonchev–Trinajstić information content (AvgIpc) is 2.87. The molecule has 0 saturated carbocycles. The van der Waals surface area contributed by atoms with E-state index in [9.17, 15) is 18.0 Å². The van der Waals surface area contributed by atoms with E-state index in [1.54, 1.807) is 43.1 Å². The van der Waals surface area contributed by atoms with Gasteiger partial charge >= 0.3 is 0 Å². The summed E-state index contributed by atoms with van der Waals surface area (Å²) >= 11 is 6.02. The lowest BCUT2D eigenvalue weighted by atomic mass is 10.0. The number of halogens is 1. The SMILES string of the molecule is CC(=O)N1CCCCCCN(C)C(=O)c2cc(S(=O)(=O)NCc3cccc(Cl)c3)ccc2OC[C@@H]1C(C)C. The molecule has 0 aromatic heterocycles. The molecule has 0 fully saturated rings. The van der Waals surface area contributed by atoms with Crippen molar-refractivity contribution < 1.29 is 22.7 Å². The minimum Gasteiger partial charge on any atom is -0.491 e. The summed E-state index contributed by atoms with van der Waals surface area (Å²) in [7, 11) is -2.21. The monoisotopic (exact) mass is 563 g/mol. The third-order valence-corrected chi connectivity index (χ3v) is 8.45. The molecule has 3 rings (SSSR count). The maximum absolute atomic E-state index is 13.4. The van der Waals surface area contributed by atoms with Crippen molar-refractivity contribution >= 4 is 33.4 Å². The molecule has 1 N–H and O–H groups in total. The van der Waals surface area contributed by atoms with E-state index in [4.69, 9.17) is 16.3 Å². The molecule has 2 aromatic rings. The molecule has 10 heteroatoms. The molecule has 0 saturated heterocycles. The molecule has 0 aliphatic carbocycles. The van der Waals surface area contributed by atoms with Gasteiger partial charge in [0.05, 0.1) is 16.5 Å². The first-order valence-corrected chi connectivity index (χ1v) is 14.9. The van der Waals surface area contributed by atoms with Gasteiger partial charge in [0.1, 0.15) is 12.4 Å². The number of carbonyl (C=O) groups is 2. The maximum atomic E-state index is 13.4. The first-order valence-electron chi connectivity index (χ1n) is 13.0. The Bertz CT molecular complexity index is 1230. The van der Waals surface area contributed by atoms with E-state index in [1.807, 2.05) is 18.7 Å². The lowest BCUT2D eigenvalue weighted by Gasteiger charge is -2.34. The summed E-state index contributed by atoms with van der Waals surface area (Å²) in [5.74, 6) is 0.0990. The van der Waals surface area contributed by atoms with Crippen LogP contribution < -0.4 is 9.46 Å². The summed E-state index contributed by atoms with van der Waals surface area (Å²) in [6, 6.07) is 11.1. The van der Waals surface area contributed by atoms with Gasteiger partial charge in [-0.25, -0.2) is 13.1 Å². The Balaban J connectivity index is 1.93. The molecule has 0 bridgehead atoms. The van der Waals surface area contributed by atoms with Gasteiger partial charge < -0.3 is 14.5 Å². The summed E-state index contributed by atoms with van der Waals surface area (Å²) in [5.41, 5.74) is 0.889. The van der Waals surface area contributed by atoms with Crippen LogP contribution >= 0.6 is 11.6 Å². The Morgan fingerprint density at radius 1 is 1.11 bits per heavy atom. The molecule has 1 aliphatic rings. The number of fused-ring (bicyclic) bond motifs is 1. The van der Waals surface area contributed by atoms with Gasteiger partial charge in [-0.1, -0.05) is 50.4 Å². The van der Waals surface area contributed by atoms with Crippen molar-refractivity contribution in [3.63, 3.8) is 0 Å². The van der Waals surface area contributed by atoms with Crippen molar-refractivity contribution in [2.75, 3.05) is 26.7 Å². The number of nitrogens with zero attached hydrogens (tertiary/aromatic N) is 2. The number of sulfonamides is 1. The van der Waals surface area contributed by atoms with Crippen LogP contribution in [0.25, 0.3) is 0 Å². The molecule has 2 aromatic carbocycles. The molecular formula is C28H38ClN3O5S. The van der Waals surface area contributed by atoms with E-state index in [2.05, 4.69) is 4.72 Å². The number of rotatable bonds is 5. The van der Waals surface area contributed by atoms with Gasteiger partial charge in [0.2, 0.25) is 15.9 Å². The zero-order chi connectivity index (χ0) is 27.9. The van der Waals surface area contributed by atoms with Crippen LogP contribution in [0, 0.1) is 5.92 Å². The molecule has 0 spiro atoms. The van der Waals surface area contributed by atoms with E-state index < -0.39 is 10.0 Å². The molecule has 0 radical (unpaired) electrons. The number of hydrogen-bond acceptors (Lipinski definition) is 5. The highest BCUT2D eigenvalue weighted by Gasteiger charge is 2.27. The van der Waals surface area contributed by atoms with Crippen molar-refractivity contribution in [1.29, 1.82) is 0 Å². The van der Waals surface area contributed by atoms with Crippen molar-refractivity contribution in [2.45, 2.75) is 63.9 Å². The topological polar surface area (TPSA) is 96.0 Å². The molecule has 1 heterocycles. The summed E-state index contributed by atoms with van der Waals surface area (Å²) in [4.78, 5) is 29.3. The van der Waals surface area contributed by atoms with Crippen molar-refractivity contribution in [1.82, 2.24) is 14.5 Å². The second kappa shape index (κ2) is 13.4. The van der Waals surface area contributed by atoms with E-state index >= 15 is 0 Å². The van der Waals surface area contributed by atoms with Gasteiger partial charge in [-0.2, -0.15) is 0 Å². The molecule has 8 nitrogen and oxygen atoms in total. The van der Waals surface area contributed by atoms with Gasteiger partial charge in [0.25, 0.3) is 5.91 Å². The molecule has 1 aliphatic heterocycles. The Kier molecular flexibility index (Phi) is 10.6. The fourth-order valence-corrected chi connectivity index (χ4v) is 5.80. The van der Waals surface area contributed by atoms with E-state index in [1.165, 1.54) is 18.2 Å². The summed E-state index contributed by atoms with van der Waals surface area (Å²) in [5, 5.41) is 0.516. The van der Waals surface area contributed by atoms with E-state index in [0.717, 1.165) is 25.7 Å². The van der Waals surface area contributed by atoms with Crippen molar-refractivity contribution in [3.8, 4) is 5.75 Å². The van der Waals surface area contributed by atoms with Crippen LogP contribution in [0.1, 0.15) is 62.4 Å². The van der Waals surface area contributed by atoms with Crippen LogP contribution in [0.3, 0.4) is 0 Å². The lowest BCUT2D eigenvalue weighted by Crippen LogP contribution is -2.46. The Morgan fingerprint density at radius 3 is 2.47 bits per heavy atom. The van der Waals surface area contributed by atoms with Crippen LogP contribution in [0.2, 0.25) is 5.02 Å². The van der Waals surface area contributed by atoms with Crippen LogP contribution in [-0.2, 0) is 21.4 Å². The third-order valence-electron chi connectivity index (χ3n) is 6.82. The molecular weight excluding hydrogens is 526 g/mol. The second-order valence-corrected chi connectivity index (χ2v) is 12.3. The minimum absolute atomic E-state index is 0.0114. The summed E-state index contributed by atoms with van der Waals surface area (Å²) < 4.78 is 35.0. The van der Waals surface area contributed by atoms with Gasteiger partial charge in [-0.15, -0.1) is 0 Å². The minimum atomic E-state index is -3.92. The summed E-state index contributed by atoms with van der Waals surface area (Å²) in [6.45, 7) is 7.08. The van der Waals surface area contributed by atoms with E-state index in [0.29, 0.717) is 29.4 Å². The van der Waals surface area contributed by atoms with Crippen LogP contribution in [0.4, 0.5) is 0 Å². The predicted octanol–water partition coefficient (Wildman–Crippen LogP) is 4.72. The predicted molar refractivity (Wildman–Crippen MR) is 149 cm³/mol. The van der Waals surface area contributed by atoms with Crippen molar-refractivity contribution in [3.05, 3.63) is 58.6 Å². The fraction of sp³-hybridized carbons (Fsp3) is 0.500. The smallest absolute Gasteiger partial charge is 0.257 e. The highest BCUT2D eigenvalue weighted by atomic mass is 35.5. The number of ether oxygens (including phenoxy) is 1. The number of carbonyl (C=O) groups excluding carboxylic acids is 2. The van der Waals surface area contributed by atoms with Crippen LogP contribution in [0.15, 0.2) is 47.4 Å². The van der Waals surface area contributed by atoms with Crippen LogP contribution in [-0.4, -0.2) is 62.8 Å². The Labute approximate surface area is 231 Å². The van der Waals surface area contributed by atoms with Crippen molar-refractivity contribution in [2.24, 2.45) is 5.92 Å². The normalized spacial score (nSPS) is 18.1. The van der Waals surface area contributed by atoms with E-state index in [-0.39, 0.29) is 47.4 Å². The third kappa shape index (κ3) is 7.94. The largest absolute Gasteiger partial charge is 0.491 e. The summed E-state index contributed by atoms with van der Waals surface area (Å²) in [6.07, 6.45) is 3.58. The number of nitrogens with one attached hydrogen (secondary N) is 1. The quantitative estimate of drug-likeness (QED) is 0.568. The average molecular weight is 564 g/mol. The highest BCUT2D eigenvalue weighted by molar-refractivity contribution is 7.89. The first kappa shape index (κ1) is 29.9. The zero-order valence-corrected chi connectivity index (χ0v) is 24.1. The number of benzene rings is 2. The maximum Gasteiger partial charge on any atom is 0.257 e. The zero-order valence-electron chi connectivity index (χ0n) is 22.6. The van der Waals surface area contributed by atoms with Gasteiger partial charge in [0.15, 0.2) is 0 Å². The highest BCUT2D eigenvalue weighted by Crippen LogP contribution is 2.26. The number of amides is 2. The second-order valence-electron chi connectivity index (χ2n) is 10.1. The lowest BCUT2D eigenvalue weighted by molar-refractivity contribution is -0.133. The Morgan fingerprint density at radius 2 is 1.82 bits per heavy atom. The van der Waals surface area contributed by atoms with Crippen LogP contribution in [0.5, 0.6) is 5.75 Å². The van der Waals surface area contributed by atoms with Gasteiger partial charge in [0, 0.05) is 38.6 Å². The molecule has 2 amide bonds. The fourth-order valence-electron chi connectivity index (χ4n) is 4.54. The molecule has 1 atom stereocenters. The molecule has 0 unspecified atom stereocenters. The Hall–Kier alpha value is -2.62. The molecule has 38 heavy (non-hydrogen) atoms. The standard InChI is InChI=1S/C28H38ClN3O5S/c1-20(2)26-19-37-27-13-12-24(38(35,36)30-18-22-10-9-11-23(29)16-22)17-25(27)28(34)31(4)14-7-5-6-8-15-32(26)21(3)33/h9-13,16-17,20,26,30H,5-8,14-15,18-19H2,1-4H3/t26-/m1/s1. The van der Waals surface area contributed by atoms with Gasteiger partial charge in [-0.3, -0.25) is 9.59 Å².